The van der Waals surface area contributed by atoms with Gasteiger partial charge in [-0.05, 0) is 29.7 Å². The number of benzene rings is 2. The molecule has 2 heterocycles. The maximum Gasteiger partial charge on any atom is 0.193 e. The van der Waals surface area contributed by atoms with Crippen LogP contribution in [0.4, 0.5) is 0 Å². The van der Waals surface area contributed by atoms with E-state index in [-0.39, 0.29) is 12.0 Å². The number of hydrogen-bond donors (Lipinski definition) is 1. The zero-order chi connectivity index (χ0) is 19.2. The molecule has 140 valence electrons. The van der Waals surface area contributed by atoms with Gasteiger partial charge < -0.3 is 14.9 Å². The van der Waals surface area contributed by atoms with Crippen molar-refractivity contribution in [3.05, 3.63) is 75.5 Å². The highest BCUT2D eigenvalue weighted by atomic mass is 32.1. The third-order valence-corrected chi connectivity index (χ3v) is 4.90. The lowest BCUT2D eigenvalue weighted by atomic mass is 10.2. The van der Waals surface area contributed by atoms with Gasteiger partial charge >= 0.3 is 0 Å². The molecular formula is C22H23NO3S. The van der Waals surface area contributed by atoms with E-state index >= 15 is 0 Å². The van der Waals surface area contributed by atoms with Gasteiger partial charge in [-0.25, -0.2) is 0 Å². The molecule has 0 fully saturated rings. The second-order valence-electron chi connectivity index (χ2n) is 6.19. The Kier molecular flexibility index (Phi) is 6.27. The van der Waals surface area contributed by atoms with Gasteiger partial charge in [0, 0.05) is 21.7 Å². The quantitative estimate of drug-likeness (QED) is 0.510. The molecule has 4 rings (SSSR count). The lowest BCUT2D eigenvalue weighted by Gasteiger charge is -2.06. The van der Waals surface area contributed by atoms with Gasteiger partial charge in [0.15, 0.2) is 5.43 Å². The number of rotatable bonds is 4. The van der Waals surface area contributed by atoms with Crippen molar-refractivity contribution < 1.29 is 9.15 Å². The molecule has 2 aromatic heterocycles. The molecule has 0 aliphatic heterocycles. The first-order valence-corrected chi connectivity index (χ1v) is 9.83. The highest BCUT2D eigenvalue weighted by Crippen LogP contribution is 2.27. The molecule has 2 N–H and O–H groups in total. The van der Waals surface area contributed by atoms with E-state index in [9.17, 15) is 4.79 Å². The molecule has 2 aromatic carbocycles. The van der Waals surface area contributed by atoms with Gasteiger partial charge in [0.25, 0.3) is 0 Å². The van der Waals surface area contributed by atoms with Crippen LogP contribution < -0.4 is 15.9 Å². The molecular weight excluding hydrogens is 358 g/mol. The summed E-state index contributed by atoms with van der Waals surface area (Å²) in [6, 6.07) is 17.1. The summed E-state index contributed by atoms with van der Waals surface area (Å²) < 4.78 is 12.7. The Balaban J connectivity index is 0.000000659. The van der Waals surface area contributed by atoms with Crippen LogP contribution in [-0.4, -0.2) is 0 Å². The van der Waals surface area contributed by atoms with E-state index in [0.29, 0.717) is 29.1 Å². The van der Waals surface area contributed by atoms with Crippen LogP contribution in [-0.2, 0) is 13.2 Å². The molecule has 0 saturated carbocycles. The highest BCUT2D eigenvalue weighted by Gasteiger charge is 2.07. The Morgan fingerprint density at radius 1 is 1.07 bits per heavy atom. The summed E-state index contributed by atoms with van der Waals surface area (Å²) in [7, 11) is 0. The van der Waals surface area contributed by atoms with Crippen LogP contribution in [0.15, 0.2) is 63.8 Å². The van der Waals surface area contributed by atoms with E-state index in [1.807, 2.05) is 12.1 Å². The van der Waals surface area contributed by atoms with Crippen molar-refractivity contribution >= 4 is 32.4 Å². The Labute approximate surface area is 162 Å². The summed E-state index contributed by atoms with van der Waals surface area (Å²) in [6.45, 7) is 4.92. The minimum Gasteiger partial charge on any atom is -0.488 e. The summed E-state index contributed by atoms with van der Waals surface area (Å²) in [6.07, 6.45) is 1.25. The van der Waals surface area contributed by atoms with Crippen LogP contribution in [0, 0.1) is 0 Å². The molecule has 0 spiro atoms. The SMILES string of the molecule is CCC.NCc1cc(=O)c2ccc(OCc3cc4ccccc4s3)cc2o1. The maximum absolute atomic E-state index is 12.0. The zero-order valence-electron chi connectivity index (χ0n) is 15.5. The average Bonchev–Trinajstić information content (AvgIpc) is 3.09. The van der Waals surface area contributed by atoms with E-state index in [4.69, 9.17) is 14.9 Å². The van der Waals surface area contributed by atoms with E-state index in [1.54, 1.807) is 29.5 Å². The zero-order valence-corrected chi connectivity index (χ0v) is 16.3. The van der Waals surface area contributed by atoms with Crippen LogP contribution in [0.3, 0.4) is 0 Å². The molecule has 0 aliphatic carbocycles. The minimum absolute atomic E-state index is 0.0900. The van der Waals surface area contributed by atoms with Gasteiger partial charge in [0.1, 0.15) is 23.7 Å². The third-order valence-electron chi connectivity index (χ3n) is 3.81. The lowest BCUT2D eigenvalue weighted by molar-refractivity contribution is 0.310. The maximum atomic E-state index is 12.0. The molecule has 0 aliphatic rings. The van der Waals surface area contributed by atoms with Crippen molar-refractivity contribution in [3.8, 4) is 5.75 Å². The van der Waals surface area contributed by atoms with Crippen molar-refractivity contribution in [2.24, 2.45) is 5.73 Å². The van der Waals surface area contributed by atoms with Gasteiger partial charge in [-0.15, -0.1) is 11.3 Å². The predicted octanol–water partition coefficient (Wildman–Crippen LogP) is 5.46. The van der Waals surface area contributed by atoms with Gasteiger partial charge in [0.2, 0.25) is 0 Å². The largest absolute Gasteiger partial charge is 0.488 e. The first kappa shape index (κ1) is 19.1. The first-order chi connectivity index (χ1) is 13.1. The minimum atomic E-state index is -0.0900. The van der Waals surface area contributed by atoms with Crippen LogP contribution in [0.25, 0.3) is 21.1 Å². The molecule has 0 radical (unpaired) electrons. The Bertz CT molecular complexity index is 1060. The number of fused-ring (bicyclic) bond motifs is 2. The predicted molar refractivity (Wildman–Crippen MR) is 112 cm³/mol. The van der Waals surface area contributed by atoms with Gasteiger partial charge in [-0.1, -0.05) is 38.5 Å². The van der Waals surface area contributed by atoms with Gasteiger partial charge in [-0.3, -0.25) is 4.79 Å². The van der Waals surface area contributed by atoms with E-state index in [1.165, 1.54) is 22.6 Å². The first-order valence-electron chi connectivity index (χ1n) is 9.01. The Morgan fingerprint density at radius 3 is 2.59 bits per heavy atom. The van der Waals surface area contributed by atoms with Crippen LogP contribution in [0.1, 0.15) is 30.9 Å². The molecule has 4 aromatic rings. The lowest BCUT2D eigenvalue weighted by Crippen LogP contribution is -2.05. The van der Waals surface area contributed by atoms with Crippen molar-refractivity contribution in [2.45, 2.75) is 33.4 Å². The van der Waals surface area contributed by atoms with Gasteiger partial charge in [0.05, 0.1) is 11.9 Å². The number of thiophene rings is 1. The molecule has 4 nitrogen and oxygen atoms in total. The number of ether oxygens (including phenoxy) is 1. The highest BCUT2D eigenvalue weighted by molar-refractivity contribution is 7.19. The van der Waals surface area contributed by atoms with Crippen LogP contribution in [0.2, 0.25) is 0 Å². The molecule has 0 atom stereocenters. The fourth-order valence-corrected chi connectivity index (χ4v) is 3.62. The standard InChI is InChI=1S/C19H15NO3S.C3H8/c20-10-14-8-17(21)16-6-5-13(9-18(16)23-14)22-11-15-7-12-3-1-2-4-19(12)24-15;1-3-2/h1-9H,10-11,20H2;3H2,1-2H3. The fourth-order valence-electron chi connectivity index (χ4n) is 2.64. The topological polar surface area (TPSA) is 65.5 Å². The number of hydrogen-bond acceptors (Lipinski definition) is 5. The smallest absolute Gasteiger partial charge is 0.193 e. The van der Waals surface area contributed by atoms with Crippen molar-refractivity contribution in [1.29, 1.82) is 0 Å². The fraction of sp³-hybridized carbons (Fsp3) is 0.227. The van der Waals surface area contributed by atoms with Crippen LogP contribution >= 0.6 is 11.3 Å². The average molecular weight is 381 g/mol. The summed E-state index contributed by atoms with van der Waals surface area (Å²) in [4.78, 5) is 13.1. The van der Waals surface area contributed by atoms with Crippen molar-refractivity contribution in [1.82, 2.24) is 0 Å². The summed E-state index contributed by atoms with van der Waals surface area (Å²) in [5.41, 5.74) is 5.96. The molecule has 0 unspecified atom stereocenters. The second kappa shape index (κ2) is 8.84. The van der Waals surface area contributed by atoms with E-state index in [2.05, 4.69) is 32.0 Å². The molecule has 27 heavy (non-hydrogen) atoms. The van der Waals surface area contributed by atoms with E-state index < -0.39 is 0 Å². The normalized spacial score (nSPS) is 10.6. The Hall–Kier alpha value is -2.63. The second-order valence-corrected chi connectivity index (χ2v) is 7.35. The Morgan fingerprint density at radius 2 is 1.85 bits per heavy atom. The monoisotopic (exact) mass is 381 g/mol. The molecule has 0 saturated heterocycles. The van der Waals surface area contributed by atoms with Crippen molar-refractivity contribution in [2.75, 3.05) is 0 Å². The van der Waals surface area contributed by atoms with Gasteiger partial charge in [-0.2, -0.15) is 0 Å². The van der Waals surface area contributed by atoms with E-state index in [0.717, 1.165) is 4.88 Å². The van der Waals surface area contributed by atoms with Crippen molar-refractivity contribution in [3.63, 3.8) is 0 Å². The summed E-state index contributed by atoms with van der Waals surface area (Å²) in [5.74, 6) is 1.13. The summed E-state index contributed by atoms with van der Waals surface area (Å²) in [5, 5.41) is 1.75. The molecule has 0 amide bonds. The number of nitrogens with two attached hydrogens (primary N) is 1. The molecule has 0 bridgehead atoms. The third kappa shape index (κ3) is 4.56. The molecule has 5 heteroatoms. The van der Waals surface area contributed by atoms with Crippen LogP contribution in [0.5, 0.6) is 5.75 Å². The summed E-state index contributed by atoms with van der Waals surface area (Å²) >= 11 is 1.71.